The number of carbonyl (C=O) groups is 1. The molecule has 0 fully saturated rings. The first-order chi connectivity index (χ1) is 11.5. The first kappa shape index (κ1) is 16.2. The Morgan fingerprint density at radius 2 is 1.96 bits per heavy atom. The summed E-state index contributed by atoms with van der Waals surface area (Å²) < 4.78 is 3.18. The van der Waals surface area contributed by atoms with Gasteiger partial charge in [-0.2, -0.15) is 5.10 Å². The lowest BCUT2D eigenvalue weighted by molar-refractivity contribution is -0.124. The zero-order valence-corrected chi connectivity index (χ0v) is 14.4. The van der Waals surface area contributed by atoms with E-state index in [1.807, 2.05) is 49.6 Å². The summed E-state index contributed by atoms with van der Waals surface area (Å²) in [7, 11) is 1.62. The molecule has 0 saturated heterocycles. The fraction of sp³-hybridized carbons (Fsp3) is 0.389. The Bertz CT molecular complexity index is 968. The number of rotatable bonds is 4. The molecule has 6 heteroatoms. The molecule has 0 bridgehead atoms. The lowest BCUT2D eigenvalue weighted by Crippen LogP contribution is -2.37. The fourth-order valence-electron chi connectivity index (χ4n) is 3.18. The molecule has 1 N–H and O–H groups in total. The van der Waals surface area contributed by atoms with Gasteiger partial charge in [0.05, 0.1) is 11.7 Å². The molecule has 2 heterocycles. The van der Waals surface area contributed by atoms with E-state index in [0.717, 1.165) is 16.3 Å². The minimum atomic E-state index is -0.440. The van der Waals surface area contributed by atoms with Crippen LogP contribution in [0.5, 0.6) is 0 Å². The average Bonchev–Trinajstić information content (AvgIpc) is 2.87. The Morgan fingerprint density at radius 3 is 2.62 bits per heavy atom. The zero-order valence-electron chi connectivity index (χ0n) is 14.4. The third-order valence-electron chi connectivity index (χ3n) is 4.24. The van der Waals surface area contributed by atoms with Gasteiger partial charge in [-0.3, -0.25) is 9.59 Å². The van der Waals surface area contributed by atoms with Gasteiger partial charge in [-0.15, -0.1) is 0 Å². The number of carbonyl (C=O) groups excluding carboxylic acids is 1. The highest BCUT2D eigenvalue weighted by atomic mass is 16.2. The average molecular weight is 326 g/mol. The SMILES string of the molecule is CCC(C(=O)NC(C)C)n1c2ccccc2c2cnn(C)c(=O)c21. The van der Waals surface area contributed by atoms with Gasteiger partial charge in [0.25, 0.3) is 5.56 Å². The molecule has 126 valence electrons. The van der Waals surface area contributed by atoms with Gasteiger partial charge in [0, 0.05) is 23.9 Å². The zero-order chi connectivity index (χ0) is 17.4. The molecule has 2 aromatic heterocycles. The number of nitrogens with one attached hydrogen (secondary N) is 1. The Morgan fingerprint density at radius 1 is 1.25 bits per heavy atom. The van der Waals surface area contributed by atoms with E-state index >= 15 is 0 Å². The number of nitrogens with zero attached hydrogens (tertiary/aromatic N) is 3. The van der Waals surface area contributed by atoms with Crippen LogP contribution in [0.1, 0.15) is 33.2 Å². The monoisotopic (exact) mass is 326 g/mol. The van der Waals surface area contributed by atoms with Crippen LogP contribution >= 0.6 is 0 Å². The van der Waals surface area contributed by atoms with E-state index in [2.05, 4.69) is 10.4 Å². The quantitative estimate of drug-likeness (QED) is 0.800. The van der Waals surface area contributed by atoms with Crippen LogP contribution in [0.2, 0.25) is 0 Å². The number of fused-ring (bicyclic) bond motifs is 3. The summed E-state index contributed by atoms with van der Waals surface area (Å²) in [6, 6.07) is 7.36. The van der Waals surface area contributed by atoms with E-state index < -0.39 is 6.04 Å². The molecule has 0 aliphatic carbocycles. The van der Waals surface area contributed by atoms with Crippen LogP contribution in [0.4, 0.5) is 0 Å². The number of amides is 1. The molecule has 1 aromatic carbocycles. The topological polar surface area (TPSA) is 68.9 Å². The summed E-state index contributed by atoms with van der Waals surface area (Å²) in [5, 5.41) is 8.82. The molecule has 1 amide bonds. The largest absolute Gasteiger partial charge is 0.352 e. The molecule has 0 aliphatic rings. The van der Waals surface area contributed by atoms with Crippen molar-refractivity contribution in [1.29, 1.82) is 0 Å². The molecule has 0 aliphatic heterocycles. The Balaban J connectivity index is 2.37. The Labute approximate surface area is 140 Å². The van der Waals surface area contributed by atoms with Gasteiger partial charge in [-0.05, 0) is 26.3 Å². The molecule has 3 aromatic rings. The molecule has 3 rings (SSSR count). The summed E-state index contributed by atoms with van der Waals surface area (Å²) in [4.78, 5) is 25.4. The van der Waals surface area contributed by atoms with Crippen molar-refractivity contribution in [3.63, 3.8) is 0 Å². The number of aromatic nitrogens is 3. The van der Waals surface area contributed by atoms with Crippen LogP contribution in [0.15, 0.2) is 35.3 Å². The van der Waals surface area contributed by atoms with Gasteiger partial charge < -0.3 is 9.88 Å². The maximum Gasteiger partial charge on any atom is 0.291 e. The highest BCUT2D eigenvalue weighted by Crippen LogP contribution is 2.30. The minimum Gasteiger partial charge on any atom is -0.352 e. The summed E-state index contributed by atoms with van der Waals surface area (Å²) >= 11 is 0. The molecule has 24 heavy (non-hydrogen) atoms. The maximum atomic E-state index is 12.7. The van der Waals surface area contributed by atoms with Crippen molar-refractivity contribution in [2.24, 2.45) is 7.05 Å². The summed E-state index contributed by atoms with van der Waals surface area (Å²) in [5.74, 6) is -0.0750. The molecular weight excluding hydrogens is 304 g/mol. The number of hydrogen-bond donors (Lipinski definition) is 1. The standard InChI is InChI=1S/C18H22N4O2/c1-5-14(17(23)20-11(2)3)22-15-9-7-6-8-12(15)13-10-19-21(4)18(24)16(13)22/h6-11,14H,5H2,1-4H3,(H,20,23). The number of aryl methyl sites for hydroxylation is 1. The number of benzene rings is 1. The van der Waals surface area contributed by atoms with Crippen LogP contribution in [0, 0.1) is 0 Å². The van der Waals surface area contributed by atoms with Crippen molar-refractivity contribution in [1.82, 2.24) is 19.7 Å². The third-order valence-corrected chi connectivity index (χ3v) is 4.24. The second-order valence-corrected chi connectivity index (χ2v) is 6.31. The first-order valence-electron chi connectivity index (χ1n) is 8.21. The van der Waals surface area contributed by atoms with Crippen LogP contribution in [-0.2, 0) is 11.8 Å². The highest BCUT2D eigenvalue weighted by Gasteiger charge is 2.25. The summed E-state index contributed by atoms with van der Waals surface area (Å²) in [5.41, 5.74) is 1.21. The fourth-order valence-corrected chi connectivity index (χ4v) is 3.18. The minimum absolute atomic E-state index is 0.0455. The van der Waals surface area contributed by atoms with Gasteiger partial charge in [-0.1, -0.05) is 25.1 Å². The van der Waals surface area contributed by atoms with Crippen molar-refractivity contribution in [3.05, 3.63) is 40.8 Å². The lowest BCUT2D eigenvalue weighted by Gasteiger charge is -2.20. The van der Waals surface area contributed by atoms with E-state index in [1.54, 1.807) is 13.2 Å². The van der Waals surface area contributed by atoms with Crippen molar-refractivity contribution >= 4 is 27.7 Å². The predicted molar refractivity (Wildman–Crippen MR) is 95.1 cm³/mol. The molecule has 1 atom stereocenters. The van der Waals surface area contributed by atoms with E-state index in [9.17, 15) is 9.59 Å². The van der Waals surface area contributed by atoms with E-state index in [1.165, 1.54) is 4.68 Å². The molecular formula is C18H22N4O2. The van der Waals surface area contributed by atoms with Gasteiger partial charge in [-0.25, -0.2) is 4.68 Å². The van der Waals surface area contributed by atoms with E-state index in [0.29, 0.717) is 11.9 Å². The van der Waals surface area contributed by atoms with Crippen molar-refractivity contribution in [2.45, 2.75) is 39.3 Å². The molecule has 0 radical (unpaired) electrons. The van der Waals surface area contributed by atoms with E-state index in [-0.39, 0.29) is 17.5 Å². The maximum absolute atomic E-state index is 12.7. The van der Waals surface area contributed by atoms with Crippen molar-refractivity contribution < 1.29 is 4.79 Å². The highest BCUT2D eigenvalue weighted by molar-refractivity contribution is 6.08. The van der Waals surface area contributed by atoms with Gasteiger partial charge in [0.2, 0.25) is 5.91 Å². The van der Waals surface area contributed by atoms with Crippen molar-refractivity contribution in [2.75, 3.05) is 0 Å². The Kier molecular flexibility index (Phi) is 4.13. The lowest BCUT2D eigenvalue weighted by atomic mass is 10.1. The number of para-hydroxylation sites is 1. The normalized spacial score (nSPS) is 12.9. The second kappa shape index (κ2) is 6.11. The molecule has 0 spiro atoms. The van der Waals surface area contributed by atoms with Crippen LogP contribution in [-0.4, -0.2) is 26.3 Å². The van der Waals surface area contributed by atoms with Gasteiger partial charge >= 0.3 is 0 Å². The summed E-state index contributed by atoms with van der Waals surface area (Å²) in [6.07, 6.45) is 2.29. The third kappa shape index (κ3) is 2.48. The predicted octanol–water partition coefficient (Wildman–Crippen LogP) is 2.36. The summed E-state index contributed by atoms with van der Waals surface area (Å²) in [6.45, 7) is 5.82. The van der Waals surface area contributed by atoms with Crippen LogP contribution in [0.3, 0.4) is 0 Å². The number of hydrogen-bond acceptors (Lipinski definition) is 3. The van der Waals surface area contributed by atoms with Crippen molar-refractivity contribution in [3.8, 4) is 0 Å². The molecule has 0 saturated carbocycles. The van der Waals surface area contributed by atoms with E-state index in [4.69, 9.17) is 0 Å². The van der Waals surface area contributed by atoms with Gasteiger partial charge in [0.1, 0.15) is 11.6 Å². The van der Waals surface area contributed by atoms with Crippen LogP contribution < -0.4 is 10.9 Å². The molecule has 6 nitrogen and oxygen atoms in total. The van der Waals surface area contributed by atoms with Crippen LogP contribution in [0.25, 0.3) is 21.8 Å². The van der Waals surface area contributed by atoms with Gasteiger partial charge in [0.15, 0.2) is 0 Å². The smallest absolute Gasteiger partial charge is 0.291 e. The second-order valence-electron chi connectivity index (χ2n) is 6.31. The molecule has 1 unspecified atom stereocenters. The Hall–Kier alpha value is -2.63. The first-order valence-corrected chi connectivity index (χ1v) is 8.21.